The maximum Gasteiger partial charge on any atom is 0.338 e. The van der Waals surface area contributed by atoms with Gasteiger partial charge in [0.15, 0.2) is 0 Å². The van der Waals surface area contributed by atoms with E-state index < -0.39 is 28.5 Å². The Morgan fingerprint density at radius 1 is 1.24 bits per heavy atom. The summed E-state index contributed by atoms with van der Waals surface area (Å²) in [6.07, 6.45) is 1.20. The Morgan fingerprint density at radius 3 is 2.65 bits per heavy atom. The SMILES string of the molecule is CCOC(=O)C1=C(Cn2cnc3cc([N+](=O)[O-])ccc3c2=O)NC(=O)NC1c1ccc(Cl)cc1. The molecule has 0 bridgehead atoms. The second-order valence-corrected chi connectivity index (χ2v) is 7.77. The van der Waals surface area contributed by atoms with Crippen molar-refractivity contribution in [3.05, 3.63) is 91.1 Å². The number of amides is 2. The van der Waals surface area contributed by atoms with E-state index in [2.05, 4.69) is 15.6 Å². The Kier molecular flexibility index (Phi) is 6.28. The second-order valence-electron chi connectivity index (χ2n) is 7.33. The number of carbonyl (C=O) groups is 2. The van der Waals surface area contributed by atoms with E-state index in [9.17, 15) is 24.5 Å². The highest BCUT2D eigenvalue weighted by Gasteiger charge is 2.34. The zero-order valence-electron chi connectivity index (χ0n) is 17.8. The minimum Gasteiger partial charge on any atom is -0.463 e. The zero-order chi connectivity index (χ0) is 24.4. The number of nitro benzene ring substituents is 1. The summed E-state index contributed by atoms with van der Waals surface area (Å²) < 4.78 is 6.42. The molecule has 1 atom stereocenters. The van der Waals surface area contributed by atoms with Gasteiger partial charge in [-0.05, 0) is 30.7 Å². The van der Waals surface area contributed by atoms with Gasteiger partial charge in [-0.1, -0.05) is 23.7 Å². The van der Waals surface area contributed by atoms with E-state index in [4.69, 9.17) is 16.3 Å². The number of benzene rings is 2. The number of carbonyl (C=O) groups excluding carboxylic acids is 2. The van der Waals surface area contributed by atoms with Gasteiger partial charge in [-0.25, -0.2) is 14.6 Å². The van der Waals surface area contributed by atoms with Gasteiger partial charge in [0.25, 0.3) is 11.2 Å². The van der Waals surface area contributed by atoms with Crippen molar-refractivity contribution in [1.29, 1.82) is 0 Å². The van der Waals surface area contributed by atoms with Gasteiger partial charge in [-0.2, -0.15) is 0 Å². The molecule has 12 heteroatoms. The maximum atomic E-state index is 13.0. The molecule has 11 nitrogen and oxygen atoms in total. The lowest BCUT2D eigenvalue weighted by atomic mass is 9.95. The number of ether oxygens (including phenoxy) is 1. The third kappa shape index (κ3) is 4.46. The van der Waals surface area contributed by atoms with E-state index in [1.54, 1.807) is 31.2 Å². The van der Waals surface area contributed by atoms with Gasteiger partial charge < -0.3 is 15.4 Å². The number of urea groups is 1. The van der Waals surface area contributed by atoms with Crippen LogP contribution in [0.25, 0.3) is 10.9 Å². The van der Waals surface area contributed by atoms with Crippen molar-refractivity contribution in [2.75, 3.05) is 6.61 Å². The highest BCUT2D eigenvalue weighted by molar-refractivity contribution is 6.30. The predicted molar refractivity (Wildman–Crippen MR) is 122 cm³/mol. The Morgan fingerprint density at radius 2 is 1.97 bits per heavy atom. The molecule has 0 fully saturated rings. The van der Waals surface area contributed by atoms with Crippen molar-refractivity contribution < 1.29 is 19.2 Å². The number of hydrogen-bond acceptors (Lipinski definition) is 7. The number of non-ortho nitro benzene ring substituents is 1. The van der Waals surface area contributed by atoms with Gasteiger partial charge in [0, 0.05) is 17.2 Å². The van der Waals surface area contributed by atoms with Crippen LogP contribution >= 0.6 is 11.6 Å². The van der Waals surface area contributed by atoms with Crippen LogP contribution in [-0.4, -0.2) is 33.1 Å². The number of allylic oxidation sites excluding steroid dienone is 1. The Labute approximate surface area is 197 Å². The fraction of sp³-hybridized carbons (Fsp3) is 0.182. The Balaban J connectivity index is 1.81. The highest BCUT2D eigenvalue weighted by Crippen LogP contribution is 2.29. The van der Waals surface area contributed by atoms with Crippen molar-refractivity contribution in [1.82, 2.24) is 20.2 Å². The molecule has 2 N–H and O–H groups in total. The number of halogens is 1. The van der Waals surface area contributed by atoms with Crippen molar-refractivity contribution in [2.24, 2.45) is 0 Å². The summed E-state index contributed by atoms with van der Waals surface area (Å²) in [7, 11) is 0. The van der Waals surface area contributed by atoms with Crippen molar-refractivity contribution in [2.45, 2.75) is 19.5 Å². The molecule has 3 aromatic rings. The topological polar surface area (TPSA) is 145 Å². The molecule has 1 aromatic heterocycles. The first-order chi connectivity index (χ1) is 16.3. The minimum absolute atomic E-state index is 0.104. The average molecular weight is 484 g/mol. The molecular weight excluding hydrogens is 466 g/mol. The van der Waals surface area contributed by atoms with Crippen LogP contribution in [0.4, 0.5) is 10.5 Å². The summed E-state index contributed by atoms with van der Waals surface area (Å²) in [5.74, 6) is -0.664. The summed E-state index contributed by atoms with van der Waals surface area (Å²) in [5.41, 5.74) is 0.346. The number of hydrogen-bond donors (Lipinski definition) is 2. The average Bonchev–Trinajstić information content (AvgIpc) is 2.81. The zero-order valence-corrected chi connectivity index (χ0v) is 18.5. The molecule has 1 aliphatic rings. The molecule has 34 heavy (non-hydrogen) atoms. The maximum absolute atomic E-state index is 13.0. The predicted octanol–water partition coefficient (Wildman–Crippen LogP) is 2.83. The van der Waals surface area contributed by atoms with Crippen LogP contribution in [0.3, 0.4) is 0 Å². The first-order valence-corrected chi connectivity index (χ1v) is 10.5. The number of aromatic nitrogens is 2. The monoisotopic (exact) mass is 483 g/mol. The molecule has 1 unspecified atom stereocenters. The molecule has 0 spiro atoms. The third-order valence-corrected chi connectivity index (χ3v) is 5.45. The number of nitro groups is 1. The van der Waals surface area contributed by atoms with Gasteiger partial charge in [0.1, 0.15) is 0 Å². The van der Waals surface area contributed by atoms with Gasteiger partial charge in [-0.15, -0.1) is 0 Å². The van der Waals surface area contributed by atoms with E-state index in [-0.39, 0.29) is 41.0 Å². The largest absolute Gasteiger partial charge is 0.463 e. The third-order valence-electron chi connectivity index (χ3n) is 5.20. The van der Waals surface area contributed by atoms with Crippen LogP contribution in [0.2, 0.25) is 5.02 Å². The smallest absolute Gasteiger partial charge is 0.338 e. The minimum atomic E-state index is -0.841. The summed E-state index contributed by atoms with van der Waals surface area (Å²) >= 11 is 5.97. The first kappa shape index (κ1) is 22.9. The summed E-state index contributed by atoms with van der Waals surface area (Å²) in [5, 5.41) is 16.9. The summed E-state index contributed by atoms with van der Waals surface area (Å²) in [6, 6.07) is 8.92. The van der Waals surface area contributed by atoms with Crippen LogP contribution in [0.15, 0.2) is 64.9 Å². The van der Waals surface area contributed by atoms with E-state index in [0.29, 0.717) is 10.6 Å². The number of fused-ring (bicyclic) bond motifs is 1. The first-order valence-electron chi connectivity index (χ1n) is 10.1. The van der Waals surface area contributed by atoms with Crippen molar-refractivity contribution in [3.8, 4) is 0 Å². The molecule has 2 heterocycles. The van der Waals surface area contributed by atoms with Crippen LogP contribution in [0.5, 0.6) is 0 Å². The molecule has 0 aliphatic carbocycles. The number of rotatable bonds is 6. The van der Waals surface area contributed by atoms with Crippen molar-refractivity contribution >= 4 is 40.2 Å². The van der Waals surface area contributed by atoms with E-state index in [1.807, 2.05) is 0 Å². The standard InChI is InChI=1S/C22H18ClN5O6/c1-2-34-21(30)18-17(25-22(31)26-19(18)12-3-5-13(23)6-4-12)10-27-11-24-16-9-14(28(32)33)7-8-15(16)20(27)29/h3-9,11,19H,2,10H2,1H3,(H2,25,26,31). The van der Waals surface area contributed by atoms with Crippen LogP contribution < -0.4 is 16.2 Å². The van der Waals surface area contributed by atoms with Crippen LogP contribution in [0.1, 0.15) is 18.5 Å². The van der Waals surface area contributed by atoms with Gasteiger partial charge in [0.05, 0.1) is 52.6 Å². The fourth-order valence-corrected chi connectivity index (χ4v) is 3.77. The number of nitrogens with zero attached hydrogens (tertiary/aromatic N) is 3. The molecule has 0 radical (unpaired) electrons. The van der Waals surface area contributed by atoms with Crippen molar-refractivity contribution in [3.63, 3.8) is 0 Å². The second kappa shape index (κ2) is 9.32. The molecule has 0 saturated carbocycles. The quantitative estimate of drug-likeness (QED) is 0.311. The van der Waals surface area contributed by atoms with E-state index in [0.717, 1.165) is 0 Å². The number of nitrogens with one attached hydrogen (secondary N) is 2. The van der Waals surface area contributed by atoms with E-state index in [1.165, 1.54) is 29.1 Å². The fourth-order valence-electron chi connectivity index (χ4n) is 3.64. The normalized spacial score (nSPS) is 15.6. The number of esters is 1. The molecule has 1 aliphatic heterocycles. The van der Waals surface area contributed by atoms with Gasteiger partial charge in [-0.3, -0.25) is 19.5 Å². The molecule has 2 amide bonds. The lowest BCUT2D eigenvalue weighted by Crippen LogP contribution is -2.47. The Bertz CT molecular complexity index is 1400. The Hall–Kier alpha value is -4.25. The molecule has 2 aromatic carbocycles. The van der Waals surface area contributed by atoms with E-state index >= 15 is 0 Å². The molecular formula is C22H18ClN5O6. The summed E-state index contributed by atoms with van der Waals surface area (Å²) in [4.78, 5) is 52.9. The lowest BCUT2D eigenvalue weighted by molar-refractivity contribution is -0.384. The molecule has 4 rings (SSSR count). The molecule has 0 saturated heterocycles. The van der Waals surface area contributed by atoms with Gasteiger partial charge in [0.2, 0.25) is 0 Å². The van der Waals surface area contributed by atoms with Gasteiger partial charge >= 0.3 is 12.0 Å². The summed E-state index contributed by atoms with van der Waals surface area (Å²) in [6.45, 7) is 1.57. The highest BCUT2D eigenvalue weighted by atomic mass is 35.5. The lowest BCUT2D eigenvalue weighted by Gasteiger charge is -2.29. The van der Waals surface area contributed by atoms with Crippen LogP contribution in [0, 0.1) is 10.1 Å². The van der Waals surface area contributed by atoms with Crippen LogP contribution in [-0.2, 0) is 16.1 Å². The molecule has 174 valence electrons.